The number of halogens is 1. The van der Waals surface area contributed by atoms with Gasteiger partial charge in [0.15, 0.2) is 5.82 Å². The van der Waals surface area contributed by atoms with Crippen molar-refractivity contribution in [2.45, 2.75) is 20.8 Å². The van der Waals surface area contributed by atoms with Gasteiger partial charge in [-0.25, -0.2) is 4.39 Å². The van der Waals surface area contributed by atoms with Gasteiger partial charge < -0.3 is 10.6 Å². The van der Waals surface area contributed by atoms with E-state index in [4.69, 9.17) is 11.1 Å². The molecule has 0 atom stereocenters. The molecule has 1 aromatic heterocycles. The fourth-order valence-electron chi connectivity index (χ4n) is 2.18. The molecule has 6 heteroatoms. The molecule has 0 saturated carbocycles. The van der Waals surface area contributed by atoms with E-state index in [9.17, 15) is 4.39 Å². The SMILES string of the molecule is CCN(c1ccc(F)cc1)c1nnc(C)c(C)c1C(=N)N. The summed E-state index contributed by atoms with van der Waals surface area (Å²) in [6.07, 6.45) is 0. The van der Waals surface area contributed by atoms with Gasteiger partial charge in [0, 0.05) is 12.2 Å². The van der Waals surface area contributed by atoms with Gasteiger partial charge in [-0.05, 0) is 50.6 Å². The smallest absolute Gasteiger partial charge is 0.166 e. The van der Waals surface area contributed by atoms with Crippen molar-refractivity contribution in [2.75, 3.05) is 11.4 Å². The number of benzene rings is 1. The first-order valence-electron chi connectivity index (χ1n) is 6.67. The van der Waals surface area contributed by atoms with Gasteiger partial charge in [-0.2, -0.15) is 5.10 Å². The predicted molar refractivity (Wildman–Crippen MR) is 81.6 cm³/mol. The topological polar surface area (TPSA) is 78.9 Å². The molecule has 110 valence electrons. The normalized spacial score (nSPS) is 10.5. The Morgan fingerprint density at radius 2 is 1.86 bits per heavy atom. The van der Waals surface area contributed by atoms with E-state index in [1.165, 1.54) is 12.1 Å². The maximum atomic E-state index is 13.1. The number of aryl methyl sites for hydroxylation is 1. The molecule has 0 radical (unpaired) electrons. The number of hydrogen-bond donors (Lipinski definition) is 2. The van der Waals surface area contributed by atoms with Gasteiger partial charge in [0.05, 0.1) is 11.3 Å². The summed E-state index contributed by atoms with van der Waals surface area (Å²) < 4.78 is 13.1. The summed E-state index contributed by atoms with van der Waals surface area (Å²) in [6, 6.07) is 6.11. The van der Waals surface area contributed by atoms with Crippen LogP contribution in [0, 0.1) is 25.1 Å². The quantitative estimate of drug-likeness (QED) is 0.669. The van der Waals surface area contributed by atoms with Crippen LogP contribution in [0.15, 0.2) is 24.3 Å². The van der Waals surface area contributed by atoms with E-state index in [0.29, 0.717) is 17.9 Å². The van der Waals surface area contributed by atoms with Crippen molar-refractivity contribution in [3.63, 3.8) is 0 Å². The predicted octanol–water partition coefficient (Wildman–Crippen LogP) is 2.67. The number of amidine groups is 1. The van der Waals surface area contributed by atoms with Crippen molar-refractivity contribution in [3.8, 4) is 0 Å². The number of nitrogens with zero attached hydrogens (tertiary/aromatic N) is 3. The van der Waals surface area contributed by atoms with E-state index < -0.39 is 0 Å². The largest absolute Gasteiger partial charge is 0.384 e. The third-order valence-electron chi connectivity index (χ3n) is 3.42. The lowest BCUT2D eigenvalue weighted by atomic mass is 10.1. The Hall–Kier alpha value is -2.50. The number of nitrogen functional groups attached to an aromatic ring is 1. The minimum absolute atomic E-state index is 0.0546. The molecule has 2 rings (SSSR count). The standard InChI is InChI=1S/C15H18FN5/c1-4-21(12-7-5-11(16)6-8-12)15-13(14(17)18)9(2)10(3)19-20-15/h5-8H,4H2,1-3H3,(H3,17,18). The molecule has 0 fully saturated rings. The first kappa shape index (κ1) is 14.9. The monoisotopic (exact) mass is 287 g/mol. The van der Waals surface area contributed by atoms with Gasteiger partial charge in [-0.15, -0.1) is 5.10 Å². The van der Waals surface area contributed by atoms with E-state index in [1.807, 2.05) is 25.7 Å². The number of nitrogens with two attached hydrogens (primary N) is 1. The zero-order valence-corrected chi connectivity index (χ0v) is 12.3. The Kier molecular flexibility index (Phi) is 4.16. The Bertz CT molecular complexity index is 667. The lowest BCUT2D eigenvalue weighted by molar-refractivity contribution is 0.627. The van der Waals surface area contributed by atoms with Crippen LogP contribution in [0.2, 0.25) is 0 Å². The van der Waals surface area contributed by atoms with Crippen LogP contribution >= 0.6 is 0 Å². The molecule has 1 heterocycles. The molecule has 0 bridgehead atoms. The molecular weight excluding hydrogens is 269 g/mol. The molecule has 0 aliphatic rings. The van der Waals surface area contributed by atoms with Crippen molar-refractivity contribution in [1.82, 2.24) is 10.2 Å². The maximum absolute atomic E-state index is 13.1. The van der Waals surface area contributed by atoms with Gasteiger partial charge in [-0.1, -0.05) is 0 Å². The molecular formula is C15H18FN5. The highest BCUT2D eigenvalue weighted by atomic mass is 19.1. The highest BCUT2D eigenvalue weighted by Gasteiger charge is 2.19. The van der Waals surface area contributed by atoms with Crippen LogP contribution in [0.3, 0.4) is 0 Å². The van der Waals surface area contributed by atoms with Crippen LogP contribution < -0.4 is 10.6 Å². The number of rotatable bonds is 4. The summed E-state index contributed by atoms with van der Waals surface area (Å²) in [5.41, 5.74) is 8.61. The molecule has 0 aliphatic carbocycles. The first-order valence-corrected chi connectivity index (χ1v) is 6.67. The average Bonchev–Trinajstić information content (AvgIpc) is 2.45. The zero-order valence-electron chi connectivity index (χ0n) is 12.3. The Balaban J connectivity index is 2.60. The molecule has 5 nitrogen and oxygen atoms in total. The van der Waals surface area contributed by atoms with Crippen molar-refractivity contribution >= 4 is 17.3 Å². The van der Waals surface area contributed by atoms with Crippen molar-refractivity contribution in [3.05, 3.63) is 46.9 Å². The Labute approximate surface area is 123 Å². The number of nitrogens with one attached hydrogen (secondary N) is 1. The Morgan fingerprint density at radius 1 is 1.24 bits per heavy atom. The van der Waals surface area contributed by atoms with E-state index >= 15 is 0 Å². The van der Waals surface area contributed by atoms with Crippen LogP contribution in [0.5, 0.6) is 0 Å². The highest BCUT2D eigenvalue weighted by Crippen LogP contribution is 2.28. The second-order valence-electron chi connectivity index (χ2n) is 4.74. The fraction of sp³-hybridized carbons (Fsp3) is 0.267. The van der Waals surface area contributed by atoms with E-state index in [2.05, 4.69) is 10.2 Å². The molecule has 0 aliphatic heterocycles. The van der Waals surface area contributed by atoms with Crippen LogP contribution in [0.25, 0.3) is 0 Å². The van der Waals surface area contributed by atoms with Crippen LogP contribution in [-0.2, 0) is 0 Å². The summed E-state index contributed by atoms with van der Waals surface area (Å²) in [4.78, 5) is 1.86. The minimum Gasteiger partial charge on any atom is -0.384 e. The molecule has 0 amide bonds. The lowest BCUT2D eigenvalue weighted by Gasteiger charge is -2.25. The van der Waals surface area contributed by atoms with E-state index in [1.54, 1.807) is 12.1 Å². The van der Waals surface area contributed by atoms with Crippen LogP contribution in [-0.4, -0.2) is 22.6 Å². The zero-order chi connectivity index (χ0) is 15.6. The number of hydrogen-bond acceptors (Lipinski definition) is 4. The van der Waals surface area contributed by atoms with Crippen LogP contribution in [0.4, 0.5) is 15.9 Å². The third-order valence-corrected chi connectivity index (χ3v) is 3.42. The average molecular weight is 287 g/mol. The van der Waals surface area contributed by atoms with Crippen molar-refractivity contribution < 1.29 is 4.39 Å². The van der Waals surface area contributed by atoms with E-state index in [0.717, 1.165) is 16.9 Å². The van der Waals surface area contributed by atoms with Gasteiger partial charge in [0.25, 0.3) is 0 Å². The second-order valence-corrected chi connectivity index (χ2v) is 4.74. The number of anilines is 2. The van der Waals surface area contributed by atoms with Crippen LogP contribution in [0.1, 0.15) is 23.7 Å². The van der Waals surface area contributed by atoms with E-state index in [-0.39, 0.29) is 11.7 Å². The molecule has 1 aromatic carbocycles. The first-order chi connectivity index (χ1) is 9.95. The third kappa shape index (κ3) is 2.84. The minimum atomic E-state index is -0.298. The Morgan fingerprint density at radius 3 is 2.38 bits per heavy atom. The second kappa shape index (κ2) is 5.87. The molecule has 0 spiro atoms. The number of aromatic nitrogens is 2. The van der Waals surface area contributed by atoms with Gasteiger partial charge in [0.2, 0.25) is 0 Å². The fourth-order valence-corrected chi connectivity index (χ4v) is 2.18. The maximum Gasteiger partial charge on any atom is 0.166 e. The summed E-state index contributed by atoms with van der Waals surface area (Å²) >= 11 is 0. The molecule has 3 N–H and O–H groups in total. The van der Waals surface area contributed by atoms with Gasteiger partial charge >= 0.3 is 0 Å². The molecule has 21 heavy (non-hydrogen) atoms. The van der Waals surface area contributed by atoms with Gasteiger partial charge in [-0.3, -0.25) is 5.41 Å². The molecule has 2 aromatic rings. The summed E-state index contributed by atoms with van der Waals surface area (Å²) in [5.74, 6) is 0.161. The lowest BCUT2D eigenvalue weighted by Crippen LogP contribution is -2.25. The molecule has 0 saturated heterocycles. The summed E-state index contributed by atoms with van der Waals surface area (Å²) in [7, 11) is 0. The highest BCUT2D eigenvalue weighted by molar-refractivity contribution is 6.01. The van der Waals surface area contributed by atoms with Gasteiger partial charge in [0.1, 0.15) is 11.7 Å². The summed E-state index contributed by atoms with van der Waals surface area (Å²) in [6.45, 7) is 6.24. The summed E-state index contributed by atoms with van der Waals surface area (Å²) in [5, 5.41) is 16.1. The van der Waals surface area contributed by atoms with Crippen molar-refractivity contribution in [1.29, 1.82) is 5.41 Å². The molecule has 0 unspecified atom stereocenters. The van der Waals surface area contributed by atoms with Crippen molar-refractivity contribution in [2.24, 2.45) is 5.73 Å².